The molecule has 2 rings (SSSR count). The summed E-state index contributed by atoms with van der Waals surface area (Å²) in [5, 5.41) is -0.506. The number of esters is 1. The molecule has 1 aliphatic rings. The average Bonchev–Trinajstić information content (AvgIpc) is 2.87. The van der Waals surface area contributed by atoms with Crippen LogP contribution in [0.15, 0.2) is 12.2 Å². The zero-order valence-electron chi connectivity index (χ0n) is 11.7. The van der Waals surface area contributed by atoms with Crippen molar-refractivity contribution < 1.29 is 19.1 Å². The highest BCUT2D eigenvalue weighted by Gasteiger charge is 2.24. The molecule has 10 heteroatoms. The van der Waals surface area contributed by atoms with Crippen LogP contribution in [0.1, 0.15) is 12.8 Å². The number of hydrogen-bond donors (Lipinski definition) is 0. The number of carbonyl (C=O) groups excluding carboxylic acids is 3. The fourth-order valence-electron chi connectivity index (χ4n) is 1.87. The van der Waals surface area contributed by atoms with E-state index in [4.69, 9.17) is 62.7 Å². The fraction of sp³-hybridized carbons (Fsp3) is 0.214. The van der Waals surface area contributed by atoms with Crippen LogP contribution in [0, 0.1) is 0 Å². The van der Waals surface area contributed by atoms with E-state index in [1.807, 2.05) is 0 Å². The Labute approximate surface area is 162 Å². The maximum Gasteiger partial charge on any atom is 0.311 e. The normalized spacial score (nSPS) is 13.8. The lowest BCUT2D eigenvalue weighted by Gasteiger charge is -2.14. The zero-order valence-corrected chi connectivity index (χ0v) is 15.5. The van der Waals surface area contributed by atoms with Gasteiger partial charge in [-0.25, -0.2) is 0 Å². The molecular formula is C14H8Cl5NO4. The van der Waals surface area contributed by atoms with Gasteiger partial charge in [-0.15, -0.1) is 0 Å². The van der Waals surface area contributed by atoms with Gasteiger partial charge >= 0.3 is 5.97 Å². The minimum Gasteiger partial charge on any atom is -0.423 e. The lowest BCUT2D eigenvalue weighted by Crippen LogP contribution is -2.31. The van der Waals surface area contributed by atoms with Crippen molar-refractivity contribution >= 4 is 75.8 Å². The fourth-order valence-corrected chi connectivity index (χ4v) is 3.07. The maximum atomic E-state index is 11.9. The molecule has 0 aromatic heterocycles. The number of halogens is 5. The molecule has 0 aliphatic carbocycles. The van der Waals surface area contributed by atoms with Crippen molar-refractivity contribution in [2.75, 3.05) is 6.54 Å². The quantitative estimate of drug-likeness (QED) is 0.225. The molecule has 24 heavy (non-hydrogen) atoms. The second-order valence-corrected chi connectivity index (χ2v) is 6.53. The van der Waals surface area contributed by atoms with E-state index in [0.29, 0.717) is 0 Å². The van der Waals surface area contributed by atoms with E-state index >= 15 is 0 Å². The Morgan fingerprint density at radius 2 is 1.33 bits per heavy atom. The minimum absolute atomic E-state index is 0.0494. The molecule has 0 fully saturated rings. The van der Waals surface area contributed by atoms with Crippen molar-refractivity contribution in [1.29, 1.82) is 0 Å². The summed E-state index contributed by atoms with van der Waals surface area (Å²) in [5.74, 6) is -1.72. The van der Waals surface area contributed by atoms with E-state index in [1.165, 1.54) is 0 Å². The van der Waals surface area contributed by atoms with Gasteiger partial charge in [0.2, 0.25) is 0 Å². The van der Waals surface area contributed by atoms with Crippen LogP contribution < -0.4 is 4.74 Å². The van der Waals surface area contributed by atoms with Gasteiger partial charge in [-0.3, -0.25) is 19.3 Å². The largest absolute Gasteiger partial charge is 0.423 e. The number of hydrogen-bond acceptors (Lipinski definition) is 4. The number of carbonyl (C=O) groups is 3. The second kappa shape index (κ2) is 7.93. The molecular weight excluding hydrogens is 423 g/mol. The standard InChI is InChI=1S/C14H8Cl5NO4/c15-9-10(16)12(18)14(13(19)11(9)17)24-8(23)2-1-5-20-6(21)3-4-7(20)22/h3-4H,1-2,5H2. The molecule has 1 aromatic carbocycles. The molecule has 1 aromatic rings. The molecule has 0 N–H and O–H groups in total. The minimum atomic E-state index is -0.680. The van der Waals surface area contributed by atoms with Gasteiger partial charge in [0.15, 0.2) is 5.75 Å². The number of rotatable bonds is 5. The molecule has 1 aliphatic heterocycles. The van der Waals surface area contributed by atoms with Crippen LogP contribution in [0.2, 0.25) is 25.1 Å². The van der Waals surface area contributed by atoms with Gasteiger partial charge in [0.25, 0.3) is 11.8 Å². The van der Waals surface area contributed by atoms with E-state index in [1.54, 1.807) is 0 Å². The van der Waals surface area contributed by atoms with Crippen molar-refractivity contribution in [1.82, 2.24) is 4.90 Å². The highest BCUT2D eigenvalue weighted by molar-refractivity contribution is 6.55. The molecule has 128 valence electrons. The Balaban J connectivity index is 1.98. The highest BCUT2D eigenvalue weighted by Crippen LogP contribution is 2.48. The molecule has 5 nitrogen and oxygen atoms in total. The molecule has 0 saturated carbocycles. The number of amides is 2. The van der Waals surface area contributed by atoms with E-state index in [0.717, 1.165) is 17.1 Å². The maximum absolute atomic E-state index is 11.9. The SMILES string of the molecule is O=C(CCCN1C(=O)C=CC1=O)Oc1c(Cl)c(Cl)c(Cl)c(Cl)c1Cl. The number of benzene rings is 1. The number of imide groups is 1. The summed E-state index contributed by atoms with van der Waals surface area (Å²) in [5.41, 5.74) is 0. The van der Waals surface area contributed by atoms with E-state index in [2.05, 4.69) is 0 Å². The van der Waals surface area contributed by atoms with Crippen LogP contribution in [-0.4, -0.2) is 29.2 Å². The number of ether oxygens (including phenoxy) is 1. The summed E-state index contributed by atoms with van der Waals surface area (Å²) in [6, 6.07) is 0. The molecule has 0 radical (unpaired) electrons. The van der Waals surface area contributed by atoms with E-state index < -0.39 is 17.8 Å². The molecule has 0 spiro atoms. The first-order valence-electron chi connectivity index (χ1n) is 6.49. The smallest absolute Gasteiger partial charge is 0.311 e. The Hall–Kier alpha value is -0.980. The monoisotopic (exact) mass is 429 g/mol. The Morgan fingerprint density at radius 1 is 0.875 bits per heavy atom. The van der Waals surface area contributed by atoms with Gasteiger partial charge < -0.3 is 4.74 Å². The average molecular weight is 431 g/mol. The predicted octanol–water partition coefficient (Wildman–Crippen LogP) is 4.56. The molecule has 0 saturated heterocycles. The van der Waals surface area contributed by atoms with Gasteiger partial charge in [0, 0.05) is 25.1 Å². The summed E-state index contributed by atoms with van der Waals surface area (Å²) < 4.78 is 5.08. The van der Waals surface area contributed by atoms with Crippen LogP contribution in [0.4, 0.5) is 0 Å². The van der Waals surface area contributed by atoms with E-state index in [9.17, 15) is 14.4 Å². The van der Waals surface area contributed by atoms with Gasteiger partial charge in [-0.2, -0.15) is 0 Å². The van der Waals surface area contributed by atoms with Crippen LogP contribution in [0.3, 0.4) is 0 Å². The highest BCUT2D eigenvalue weighted by atomic mass is 35.5. The van der Waals surface area contributed by atoms with Crippen molar-refractivity contribution in [3.05, 3.63) is 37.3 Å². The van der Waals surface area contributed by atoms with Crippen molar-refractivity contribution in [3.63, 3.8) is 0 Å². The first-order chi connectivity index (χ1) is 11.2. The number of nitrogens with zero attached hydrogens (tertiary/aromatic N) is 1. The van der Waals surface area contributed by atoms with Gasteiger partial charge in [0.1, 0.15) is 10.0 Å². The van der Waals surface area contributed by atoms with Crippen LogP contribution in [0.5, 0.6) is 5.75 Å². The van der Waals surface area contributed by atoms with Gasteiger partial charge in [0.05, 0.1) is 15.1 Å². The predicted molar refractivity (Wildman–Crippen MR) is 92.2 cm³/mol. The van der Waals surface area contributed by atoms with Crippen molar-refractivity contribution in [3.8, 4) is 5.75 Å². The van der Waals surface area contributed by atoms with Crippen LogP contribution in [0.25, 0.3) is 0 Å². The van der Waals surface area contributed by atoms with E-state index in [-0.39, 0.29) is 50.2 Å². The van der Waals surface area contributed by atoms with Gasteiger partial charge in [-0.1, -0.05) is 58.0 Å². The van der Waals surface area contributed by atoms with Crippen LogP contribution >= 0.6 is 58.0 Å². The Bertz CT molecular complexity index is 715. The third-order valence-electron chi connectivity index (χ3n) is 3.05. The summed E-state index contributed by atoms with van der Waals surface area (Å²) in [6.45, 7) is 0.0867. The summed E-state index contributed by atoms with van der Waals surface area (Å²) >= 11 is 29.5. The molecule has 0 bridgehead atoms. The lowest BCUT2D eigenvalue weighted by molar-refractivity contribution is -0.139. The summed E-state index contributed by atoms with van der Waals surface area (Å²) in [7, 11) is 0. The third kappa shape index (κ3) is 3.98. The first kappa shape index (κ1) is 19.3. The first-order valence-corrected chi connectivity index (χ1v) is 8.38. The third-order valence-corrected chi connectivity index (χ3v) is 5.29. The van der Waals surface area contributed by atoms with Crippen molar-refractivity contribution in [2.24, 2.45) is 0 Å². The molecule has 0 unspecified atom stereocenters. The molecule has 0 atom stereocenters. The van der Waals surface area contributed by atoms with Gasteiger partial charge in [-0.05, 0) is 6.42 Å². The molecule has 2 amide bonds. The Morgan fingerprint density at radius 3 is 1.83 bits per heavy atom. The second-order valence-electron chi connectivity index (χ2n) is 4.64. The lowest BCUT2D eigenvalue weighted by atomic mass is 10.3. The summed E-state index contributed by atoms with van der Waals surface area (Å²) in [4.78, 5) is 35.7. The topological polar surface area (TPSA) is 63.7 Å². The molecule has 1 heterocycles. The zero-order chi connectivity index (χ0) is 18.0. The van der Waals surface area contributed by atoms with Crippen molar-refractivity contribution in [2.45, 2.75) is 12.8 Å². The summed E-state index contributed by atoms with van der Waals surface area (Å²) in [6.07, 6.45) is 2.46. The Kier molecular flexibility index (Phi) is 6.39. The van der Waals surface area contributed by atoms with Crippen LogP contribution in [-0.2, 0) is 14.4 Å².